The molecule has 22 heavy (non-hydrogen) atoms. The average molecular weight is 336 g/mol. The maximum atomic E-state index is 12.5. The minimum Gasteiger partial charge on any atom is -0.377 e. The molecular formula is C16H20N2O2S2. The summed E-state index contributed by atoms with van der Waals surface area (Å²) in [5, 5.41) is 1.58. The number of nitrogens with one attached hydrogen (secondary N) is 1. The first-order valence-corrected chi connectivity index (χ1v) is 9.80. The molecule has 0 unspecified atom stereocenters. The molecule has 3 heterocycles. The van der Waals surface area contributed by atoms with E-state index in [1.165, 1.54) is 16.9 Å². The van der Waals surface area contributed by atoms with E-state index in [4.69, 9.17) is 9.72 Å². The number of fused-ring (bicyclic) bond motifs is 3. The number of nitrogens with zero attached hydrogens (tertiary/aromatic N) is 1. The molecule has 0 spiro atoms. The van der Waals surface area contributed by atoms with E-state index >= 15 is 0 Å². The van der Waals surface area contributed by atoms with Crippen LogP contribution in [0, 0.1) is 5.92 Å². The van der Waals surface area contributed by atoms with Crippen molar-refractivity contribution in [3.05, 3.63) is 20.8 Å². The van der Waals surface area contributed by atoms with Crippen molar-refractivity contribution >= 4 is 33.3 Å². The molecule has 1 aliphatic heterocycles. The van der Waals surface area contributed by atoms with E-state index < -0.39 is 0 Å². The first-order valence-electron chi connectivity index (χ1n) is 7.99. The van der Waals surface area contributed by atoms with Crippen molar-refractivity contribution < 1.29 is 4.74 Å². The third-order valence-electron chi connectivity index (χ3n) is 4.57. The van der Waals surface area contributed by atoms with Crippen LogP contribution in [0.3, 0.4) is 0 Å². The van der Waals surface area contributed by atoms with Crippen LogP contribution in [0.25, 0.3) is 10.2 Å². The second-order valence-corrected chi connectivity index (χ2v) is 8.44. The molecule has 2 aliphatic rings. The molecule has 0 aromatic carbocycles. The molecule has 6 heteroatoms. The van der Waals surface area contributed by atoms with E-state index in [1.54, 1.807) is 23.1 Å². The van der Waals surface area contributed by atoms with Crippen LogP contribution in [-0.2, 0) is 17.6 Å². The molecule has 118 valence electrons. The standard InChI is InChI=1S/C16H20N2O2S2/c1-9-4-5-11-12(7-9)22-15-13(11)14(19)17-16(18-15)21-8-10-3-2-6-20-10/h9-10H,2-8H2,1H3,(H,17,18,19)/t9-,10-/m1/s1. The van der Waals surface area contributed by atoms with Crippen LogP contribution < -0.4 is 5.56 Å². The van der Waals surface area contributed by atoms with Crippen LogP contribution in [0.5, 0.6) is 0 Å². The Labute approximate surface area is 137 Å². The Kier molecular flexibility index (Phi) is 4.00. The van der Waals surface area contributed by atoms with Gasteiger partial charge in [0, 0.05) is 17.2 Å². The highest BCUT2D eigenvalue weighted by atomic mass is 32.2. The Balaban J connectivity index is 1.63. The number of aromatic nitrogens is 2. The molecule has 1 N–H and O–H groups in total. The van der Waals surface area contributed by atoms with Gasteiger partial charge in [-0.05, 0) is 43.6 Å². The van der Waals surface area contributed by atoms with E-state index in [0.29, 0.717) is 12.0 Å². The lowest BCUT2D eigenvalue weighted by atomic mass is 9.89. The molecule has 1 aliphatic carbocycles. The van der Waals surface area contributed by atoms with Gasteiger partial charge in [0.05, 0.1) is 11.5 Å². The predicted octanol–water partition coefficient (Wildman–Crippen LogP) is 3.38. The van der Waals surface area contributed by atoms with Crippen LogP contribution in [0.15, 0.2) is 9.95 Å². The van der Waals surface area contributed by atoms with Crippen molar-refractivity contribution in [3.8, 4) is 0 Å². The molecule has 0 radical (unpaired) electrons. The number of thiophene rings is 1. The average Bonchev–Trinajstić information content (AvgIpc) is 3.11. The van der Waals surface area contributed by atoms with Gasteiger partial charge < -0.3 is 9.72 Å². The van der Waals surface area contributed by atoms with E-state index in [0.717, 1.165) is 53.4 Å². The molecule has 2 aromatic heterocycles. The Morgan fingerprint density at radius 1 is 1.45 bits per heavy atom. The number of aromatic amines is 1. The number of ether oxygens (including phenoxy) is 1. The highest BCUT2D eigenvalue weighted by molar-refractivity contribution is 7.99. The number of rotatable bonds is 3. The fourth-order valence-electron chi connectivity index (χ4n) is 3.35. The maximum absolute atomic E-state index is 12.5. The van der Waals surface area contributed by atoms with E-state index in [-0.39, 0.29) is 5.56 Å². The molecule has 1 saturated heterocycles. The van der Waals surface area contributed by atoms with Gasteiger partial charge in [-0.25, -0.2) is 4.98 Å². The first-order chi connectivity index (χ1) is 10.7. The normalized spacial score (nSPS) is 24.8. The Bertz CT molecular complexity index is 746. The van der Waals surface area contributed by atoms with Gasteiger partial charge in [-0.3, -0.25) is 4.79 Å². The first kappa shape index (κ1) is 14.7. The van der Waals surface area contributed by atoms with Crippen LogP contribution in [0.1, 0.15) is 36.6 Å². The van der Waals surface area contributed by atoms with Gasteiger partial charge >= 0.3 is 0 Å². The van der Waals surface area contributed by atoms with Crippen molar-refractivity contribution in [3.63, 3.8) is 0 Å². The SMILES string of the molecule is C[C@@H]1CCc2c(sc3nc(SC[C@H]4CCCO4)[nH]c(=O)c23)C1. The summed E-state index contributed by atoms with van der Waals surface area (Å²) in [6.07, 6.45) is 5.85. The molecule has 0 saturated carbocycles. The number of hydrogen-bond acceptors (Lipinski definition) is 5. The highest BCUT2D eigenvalue weighted by Gasteiger charge is 2.23. The van der Waals surface area contributed by atoms with E-state index in [1.807, 2.05) is 0 Å². The van der Waals surface area contributed by atoms with Crippen molar-refractivity contribution in [2.45, 2.75) is 50.3 Å². The molecular weight excluding hydrogens is 316 g/mol. The fraction of sp³-hybridized carbons (Fsp3) is 0.625. The molecule has 1 fully saturated rings. The molecule has 2 aromatic rings. The fourth-order valence-corrected chi connectivity index (χ4v) is 5.71. The minimum absolute atomic E-state index is 0.0342. The molecule has 4 nitrogen and oxygen atoms in total. The Hall–Kier alpha value is -0.850. The largest absolute Gasteiger partial charge is 0.377 e. The monoisotopic (exact) mass is 336 g/mol. The van der Waals surface area contributed by atoms with Gasteiger partial charge in [0.25, 0.3) is 5.56 Å². The van der Waals surface area contributed by atoms with Crippen molar-refractivity contribution in [1.82, 2.24) is 9.97 Å². The van der Waals surface area contributed by atoms with Gasteiger partial charge in [0.15, 0.2) is 5.16 Å². The van der Waals surface area contributed by atoms with Crippen molar-refractivity contribution in [1.29, 1.82) is 0 Å². The molecule has 2 atom stereocenters. The smallest absolute Gasteiger partial charge is 0.260 e. The van der Waals surface area contributed by atoms with Crippen molar-refractivity contribution in [2.75, 3.05) is 12.4 Å². The van der Waals surface area contributed by atoms with Gasteiger partial charge in [-0.1, -0.05) is 18.7 Å². The summed E-state index contributed by atoms with van der Waals surface area (Å²) in [5.74, 6) is 1.59. The van der Waals surface area contributed by atoms with Crippen LogP contribution in [0.4, 0.5) is 0 Å². The van der Waals surface area contributed by atoms with Crippen LogP contribution in [0.2, 0.25) is 0 Å². The highest BCUT2D eigenvalue weighted by Crippen LogP contribution is 2.36. The minimum atomic E-state index is 0.0342. The number of H-pyrrole nitrogens is 1. The summed E-state index contributed by atoms with van der Waals surface area (Å²) < 4.78 is 5.63. The summed E-state index contributed by atoms with van der Waals surface area (Å²) >= 11 is 3.32. The lowest BCUT2D eigenvalue weighted by molar-refractivity contribution is 0.129. The van der Waals surface area contributed by atoms with Crippen molar-refractivity contribution in [2.24, 2.45) is 5.92 Å². The second-order valence-electron chi connectivity index (χ2n) is 6.35. The number of thioether (sulfide) groups is 1. The maximum Gasteiger partial charge on any atom is 0.260 e. The predicted molar refractivity (Wildman–Crippen MR) is 91.1 cm³/mol. The van der Waals surface area contributed by atoms with Crippen LogP contribution in [-0.4, -0.2) is 28.4 Å². The molecule has 4 rings (SSSR count). The summed E-state index contributed by atoms with van der Waals surface area (Å²) in [7, 11) is 0. The summed E-state index contributed by atoms with van der Waals surface area (Å²) in [6.45, 7) is 3.15. The zero-order valence-corrected chi connectivity index (χ0v) is 14.3. The van der Waals surface area contributed by atoms with E-state index in [9.17, 15) is 4.79 Å². The summed E-state index contributed by atoms with van der Waals surface area (Å²) in [6, 6.07) is 0. The summed E-state index contributed by atoms with van der Waals surface area (Å²) in [4.78, 5) is 22.4. The van der Waals surface area contributed by atoms with Gasteiger partial charge in [-0.15, -0.1) is 11.3 Å². The third-order valence-corrected chi connectivity index (χ3v) is 6.73. The lowest BCUT2D eigenvalue weighted by Gasteiger charge is -2.17. The Morgan fingerprint density at radius 2 is 2.36 bits per heavy atom. The third kappa shape index (κ3) is 2.72. The number of aryl methyl sites for hydroxylation is 1. The summed E-state index contributed by atoms with van der Waals surface area (Å²) in [5.41, 5.74) is 1.29. The number of hydrogen-bond donors (Lipinski definition) is 1. The van der Waals surface area contributed by atoms with Gasteiger partial charge in [0.2, 0.25) is 0 Å². The van der Waals surface area contributed by atoms with Gasteiger partial charge in [-0.2, -0.15) is 0 Å². The Morgan fingerprint density at radius 3 is 3.18 bits per heavy atom. The van der Waals surface area contributed by atoms with Gasteiger partial charge in [0.1, 0.15) is 4.83 Å². The second kappa shape index (κ2) is 5.98. The topological polar surface area (TPSA) is 55.0 Å². The molecule has 0 bridgehead atoms. The van der Waals surface area contributed by atoms with Crippen LogP contribution >= 0.6 is 23.1 Å². The lowest BCUT2D eigenvalue weighted by Crippen LogP contribution is -2.14. The molecule has 0 amide bonds. The zero-order valence-electron chi connectivity index (χ0n) is 12.7. The zero-order chi connectivity index (χ0) is 15.1. The van der Waals surface area contributed by atoms with E-state index in [2.05, 4.69) is 11.9 Å². The quantitative estimate of drug-likeness (QED) is 0.689.